The van der Waals surface area contributed by atoms with Crippen molar-refractivity contribution in [1.29, 1.82) is 0 Å². The molecule has 0 saturated heterocycles. The maximum absolute atomic E-state index is 4.28. The lowest BCUT2D eigenvalue weighted by Crippen LogP contribution is -2.11. The van der Waals surface area contributed by atoms with E-state index in [1.807, 2.05) is 0 Å². The molecular formula is C10H17N3S. The number of hydrogen-bond acceptors (Lipinski definition) is 4. The fraction of sp³-hybridized carbons (Fsp3) is 0.800. The third-order valence-electron chi connectivity index (χ3n) is 2.71. The van der Waals surface area contributed by atoms with E-state index in [1.165, 1.54) is 30.7 Å². The zero-order valence-electron chi connectivity index (χ0n) is 8.62. The molecule has 4 heteroatoms. The molecule has 1 aliphatic rings. The summed E-state index contributed by atoms with van der Waals surface area (Å²) < 4.78 is 0. The Morgan fingerprint density at radius 1 is 1.36 bits per heavy atom. The highest BCUT2D eigenvalue weighted by atomic mass is 32.1. The molecule has 3 nitrogen and oxygen atoms in total. The van der Waals surface area contributed by atoms with Crippen molar-refractivity contribution in [2.45, 2.75) is 45.1 Å². The van der Waals surface area contributed by atoms with E-state index in [1.54, 1.807) is 11.3 Å². The molecule has 0 aromatic carbocycles. The molecule has 1 fully saturated rings. The maximum atomic E-state index is 4.28. The van der Waals surface area contributed by atoms with Gasteiger partial charge in [-0.3, -0.25) is 0 Å². The van der Waals surface area contributed by atoms with Crippen molar-refractivity contribution in [2.75, 3.05) is 6.54 Å². The van der Waals surface area contributed by atoms with Crippen molar-refractivity contribution in [1.82, 2.24) is 15.5 Å². The Balaban J connectivity index is 1.94. The van der Waals surface area contributed by atoms with Crippen LogP contribution in [0.3, 0.4) is 0 Å². The first kappa shape index (κ1) is 10.1. The maximum Gasteiger partial charge on any atom is 0.131 e. The molecular weight excluding hydrogens is 194 g/mol. The molecule has 0 bridgehead atoms. The largest absolute Gasteiger partial charge is 0.311 e. The van der Waals surface area contributed by atoms with E-state index >= 15 is 0 Å². The summed E-state index contributed by atoms with van der Waals surface area (Å²) >= 11 is 1.79. The molecule has 1 N–H and O–H groups in total. The van der Waals surface area contributed by atoms with E-state index in [2.05, 4.69) is 22.4 Å². The highest BCUT2D eigenvalue weighted by Crippen LogP contribution is 2.35. The van der Waals surface area contributed by atoms with Crippen LogP contribution in [0, 0.1) is 0 Å². The van der Waals surface area contributed by atoms with Crippen molar-refractivity contribution >= 4 is 11.3 Å². The number of aromatic nitrogens is 2. The molecule has 0 atom stereocenters. The average Bonchev–Trinajstić information content (AvgIpc) is 2.85. The van der Waals surface area contributed by atoms with Gasteiger partial charge in [0.1, 0.15) is 10.0 Å². The van der Waals surface area contributed by atoms with Gasteiger partial charge in [0.05, 0.1) is 0 Å². The Labute approximate surface area is 88.9 Å². The summed E-state index contributed by atoms with van der Waals surface area (Å²) in [6, 6.07) is 0. The lowest BCUT2D eigenvalue weighted by molar-refractivity contribution is 0.692. The van der Waals surface area contributed by atoms with Crippen molar-refractivity contribution < 1.29 is 0 Å². The van der Waals surface area contributed by atoms with Crippen LogP contribution in [0.15, 0.2) is 0 Å². The predicted octanol–water partition coefficient (Wildman–Crippen LogP) is 2.31. The SMILES string of the molecule is CCNCc1nnc(C2CCCC2)s1. The third-order valence-corrected chi connectivity index (χ3v) is 3.80. The van der Waals surface area contributed by atoms with Gasteiger partial charge < -0.3 is 5.32 Å². The summed E-state index contributed by atoms with van der Waals surface area (Å²) in [5, 5.41) is 14.2. The van der Waals surface area contributed by atoms with Gasteiger partial charge in [-0.1, -0.05) is 31.1 Å². The lowest BCUT2D eigenvalue weighted by Gasteiger charge is -2.00. The minimum absolute atomic E-state index is 0.711. The molecule has 1 aromatic heterocycles. The second-order valence-electron chi connectivity index (χ2n) is 3.80. The van der Waals surface area contributed by atoms with E-state index in [-0.39, 0.29) is 0 Å². The zero-order valence-corrected chi connectivity index (χ0v) is 9.44. The summed E-state index contributed by atoms with van der Waals surface area (Å²) in [5.41, 5.74) is 0. The quantitative estimate of drug-likeness (QED) is 0.830. The Hall–Kier alpha value is -0.480. The van der Waals surface area contributed by atoms with Gasteiger partial charge in [-0.2, -0.15) is 0 Å². The van der Waals surface area contributed by atoms with Gasteiger partial charge in [-0.25, -0.2) is 0 Å². The van der Waals surface area contributed by atoms with Crippen LogP contribution in [0.4, 0.5) is 0 Å². The molecule has 1 aliphatic carbocycles. The molecule has 0 radical (unpaired) electrons. The van der Waals surface area contributed by atoms with Crippen molar-refractivity contribution in [3.8, 4) is 0 Å². The van der Waals surface area contributed by atoms with E-state index in [4.69, 9.17) is 0 Å². The van der Waals surface area contributed by atoms with Crippen LogP contribution >= 0.6 is 11.3 Å². The molecule has 1 heterocycles. The summed E-state index contributed by atoms with van der Waals surface area (Å²) in [7, 11) is 0. The first-order chi connectivity index (χ1) is 6.90. The van der Waals surface area contributed by atoms with Gasteiger partial charge in [0, 0.05) is 12.5 Å². The van der Waals surface area contributed by atoms with E-state index in [0.717, 1.165) is 18.1 Å². The minimum atomic E-state index is 0.711. The fourth-order valence-corrected chi connectivity index (χ4v) is 2.89. The summed E-state index contributed by atoms with van der Waals surface area (Å²) in [6.07, 6.45) is 5.37. The third kappa shape index (κ3) is 2.30. The Kier molecular flexibility index (Phi) is 3.48. The van der Waals surface area contributed by atoms with E-state index in [0.29, 0.717) is 5.92 Å². The van der Waals surface area contributed by atoms with Gasteiger partial charge in [-0.15, -0.1) is 10.2 Å². The Bertz CT molecular complexity index is 279. The summed E-state index contributed by atoms with van der Waals surface area (Å²) in [4.78, 5) is 0. The molecule has 78 valence electrons. The first-order valence-corrected chi connectivity index (χ1v) is 6.24. The van der Waals surface area contributed by atoms with E-state index < -0.39 is 0 Å². The molecule has 1 aromatic rings. The van der Waals surface area contributed by atoms with Gasteiger partial charge >= 0.3 is 0 Å². The highest BCUT2D eigenvalue weighted by Gasteiger charge is 2.20. The zero-order chi connectivity index (χ0) is 9.80. The molecule has 0 aliphatic heterocycles. The molecule has 1 saturated carbocycles. The Morgan fingerprint density at radius 2 is 2.14 bits per heavy atom. The van der Waals surface area contributed by atoms with Crippen LogP contribution in [0.2, 0.25) is 0 Å². The number of rotatable bonds is 4. The second kappa shape index (κ2) is 4.84. The van der Waals surface area contributed by atoms with Crippen molar-refractivity contribution in [2.24, 2.45) is 0 Å². The predicted molar refractivity (Wildman–Crippen MR) is 58.5 cm³/mol. The van der Waals surface area contributed by atoms with Crippen molar-refractivity contribution in [3.63, 3.8) is 0 Å². The highest BCUT2D eigenvalue weighted by molar-refractivity contribution is 7.11. The van der Waals surface area contributed by atoms with Gasteiger partial charge in [0.2, 0.25) is 0 Å². The fourth-order valence-electron chi connectivity index (χ4n) is 1.91. The van der Waals surface area contributed by atoms with Crippen LogP contribution in [0.25, 0.3) is 0 Å². The van der Waals surface area contributed by atoms with Gasteiger partial charge in [0.25, 0.3) is 0 Å². The number of nitrogens with zero attached hydrogens (tertiary/aromatic N) is 2. The van der Waals surface area contributed by atoms with Crippen LogP contribution < -0.4 is 5.32 Å². The van der Waals surface area contributed by atoms with Crippen LogP contribution in [0.1, 0.15) is 48.5 Å². The molecule has 2 rings (SSSR count). The first-order valence-electron chi connectivity index (χ1n) is 5.43. The van der Waals surface area contributed by atoms with Gasteiger partial charge in [0.15, 0.2) is 0 Å². The summed E-state index contributed by atoms with van der Waals surface area (Å²) in [6.45, 7) is 3.98. The topological polar surface area (TPSA) is 37.8 Å². The Morgan fingerprint density at radius 3 is 2.86 bits per heavy atom. The van der Waals surface area contributed by atoms with Crippen LogP contribution in [-0.2, 0) is 6.54 Å². The van der Waals surface area contributed by atoms with E-state index in [9.17, 15) is 0 Å². The smallest absolute Gasteiger partial charge is 0.131 e. The van der Waals surface area contributed by atoms with Crippen LogP contribution in [0.5, 0.6) is 0 Å². The summed E-state index contributed by atoms with van der Waals surface area (Å²) in [5.74, 6) is 0.711. The second-order valence-corrected chi connectivity index (χ2v) is 4.89. The van der Waals surface area contributed by atoms with Gasteiger partial charge in [-0.05, 0) is 19.4 Å². The monoisotopic (exact) mass is 211 g/mol. The lowest BCUT2D eigenvalue weighted by atomic mass is 10.1. The number of nitrogens with one attached hydrogen (secondary N) is 1. The minimum Gasteiger partial charge on any atom is -0.311 e. The molecule has 0 amide bonds. The molecule has 14 heavy (non-hydrogen) atoms. The number of hydrogen-bond donors (Lipinski definition) is 1. The van der Waals surface area contributed by atoms with Crippen LogP contribution in [-0.4, -0.2) is 16.7 Å². The van der Waals surface area contributed by atoms with Crippen molar-refractivity contribution in [3.05, 3.63) is 10.0 Å². The molecule has 0 unspecified atom stereocenters. The standard InChI is InChI=1S/C10H17N3S/c1-2-11-7-9-12-13-10(14-9)8-5-3-4-6-8/h8,11H,2-7H2,1H3. The molecule has 0 spiro atoms. The normalized spacial score (nSPS) is 17.8. The average molecular weight is 211 g/mol.